The van der Waals surface area contributed by atoms with Crippen LogP contribution in [0.2, 0.25) is 0 Å². The fraction of sp³-hybridized carbons (Fsp3) is 0.250. The summed E-state index contributed by atoms with van der Waals surface area (Å²) >= 11 is 1.18. The SMILES string of the molecule is O=C1CC(SCC(=O)Nc2ccccc2)C(=O)N1. The molecule has 5 nitrogen and oxygen atoms in total. The molecule has 3 amide bonds. The molecule has 1 aliphatic rings. The molecule has 0 saturated carbocycles. The molecule has 2 N–H and O–H groups in total. The van der Waals surface area contributed by atoms with Crippen molar-refractivity contribution in [2.24, 2.45) is 0 Å². The number of para-hydroxylation sites is 1. The Labute approximate surface area is 108 Å². The summed E-state index contributed by atoms with van der Waals surface area (Å²) in [6, 6.07) is 9.08. The average molecular weight is 264 g/mol. The third kappa shape index (κ3) is 3.33. The maximum Gasteiger partial charge on any atom is 0.240 e. The number of amides is 3. The van der Waals surface area contributed by atoms with Crippen LogP contribution in [0, 0.1) is 0 Å². The lowest BCUT2D eigenvalue weighted by Crippen LogP contribution is -2.24. The number of carbonyl (C=O) groups excluding carboxylic acids is 3. The second-order valence-corrected chi connectivity index (χ2v) is 5.02. The number of thioether (sulfide) groups is 1. The molecule has 1 aromatic carbocycles. The van der Waals surface area contributed by atoms with Crippen LogP contribution < -0.4 is 10.6 Å². The highest BCUT2D eigenvalue weighted by Gasteiger charge is 2.31. The fourth-order valence-corrected chi connectivity index (χ4v) is 2.46. The average Bonchev–Trinajstić information content (AvgIpc) is 2.66. The Morgan fingerprint density at radius 3 is 2.67 bits per heavy atom. The summed E-state index contributed by atoms with van der Waals surface area (Å²) in [5.41, 5.74) is 0.718. The third-order valence-electron chi connectivity index (χ3n) is 2.40. The Morgan fingerprint density at radius 2 is 2.06 bits per heavy atom. The van der Waals surface area contributed by atoms with Gasteiger partial charge in [-0.2, -0.15) is 0 Å². The number of benzene rings is 1. The van der Waals surface area contributed by atoms with E-state index in [2.05, 4.69) is 10.6 Å². The van der Waals surface area contributed by atoms with E-state index >= 15 is 0 Å². The largest absolute Gasteiger partial charge is 0.325 e. The molecule has 0 aliphatic carbocycles. The molecule has 0 aromatic heterocycles. The van der Waals surface area contributed by atoms with Gasteiger partial charge in [0.25, 0.3) is 0 Å². The Bertz CT molecular complexity index is 475. The van der Waals surface area contributed by atoms with Crippen molar-refractivity contribution in [2.75, 3.05) is 11.1 Å². The zero-order valence-corrected chi connectivity index (χ0v) is 10.3. The van der Waals surface area contributed by atoms with Gasteiger partial charge >= 0.3 is 0 Å². The molecular formula is C12H12N2O3S. The van der Waals surface area contributed by atoms with Gasteiger partial charge in [0.1, 0.15) is 0 Å². The quantitative estimate of drug-likeness (QED) is 0.788. The van der Waals surface area contributed by atoms with Gasteiger partial charge in [-0.25, -0.2) is 0 Å². The predicted octanol–water partition coefficient (Wildman–Crippen LogP) is 0.773. The lowest BCUT2D eigenvalue weighted by atomic mass is 10.3. The topological polar surface area (TPSA) is 75.3 Å². The molecule has 1 aromatic rings. The van der Waals surface area contributed by atoms with Crippen molar-refractivity contribution in [1.82, 2.24) is 5.32 Å². The van der Waals surface area contributed by atoms with Gasteiger partial charge in [0.15, 0.2) is 0 Å². The van der Waals surface area contributed by atoms with Crippen molar-refractivity contribution in [3.8, 4) is 0 Å². The van der Waals surface area contributed by atoms with E-state index in [1.54, 1.807) is 12.1 Å². The fourth-order valence-electron chi connectivity index (χ4n) is 1.56. The summed E-state index contributed by atoms with van der Waals surface area (Å²) in [4.78, 5) is 33.8. The van der Waals surface area contributed by atoms with Crippen LogP contribution in [0.25, 0.3) is 0 Å². The molecule has 0 spiro atoms. The van der Waals surface area contributed by atoms with Crippen LogP contribution in [-0.2, 0) is 14.4 Å². The maximum absolute atomic E-state index is 11.6. The first kappa shape index (κ1) is 12.6. The minimum absolute atomic E-state index is 0.153. The molecule has 18 heavy (non-hydrogen) atoms. The number of hydrogen-bond acceptors (Lipinski definition) is 4. The lowest BCUT2D eigenvalue weighted by molar-refractivity contribution is -0.124. The monoisotopic (exact) mass is 264 g/mol. The zero-order valence-electron chi connectivity index (χ0n) is 9.51. The number of imide groups is 1. The predicted molar refractivity (Wildman–Crippen MR) is 69.1 cm³/mol. The number of carbonyl (C=O) groups is 3. The van der Waals surface area contributed by atoms with Crippen molar-refractivity contribution < 1.29 is 14.4 Å². The van der Waals surface area contributed by atoms with Gasteiger partial charge in [-0.15, -0.1) is 11.8 Å². The molecule has 1 fully saturated rings. The minimum atomic E-state index is -0.445. The van der Waals surface area contributed by atoms with E-state index in [1.807, 2.05) is 18.2 Å². The first-order valence-corrected chi connectivity index (χ1v) is 6.50. The van der Waals surface area contributed by atoms with Crippen LogP contribution in [0.5, 0.6) is 0 Å². The number of rotatable bonds is 4. The Morgan fingerprint density at radius 1 is 1.33 bits per heavy atom. The van der Waals surface area contributed by atoms with Crippen LogP contribution in [0.1, 0.15) is 6.42 Å². The summed E-state index contributed by atoms with van der Waals surface area (Å²) in [5.74, 6) is -0.614. The summed E-state index contributed by atoms with van der Waals surface area (Å²) in [7, 11) is 0. The van der Waals surface area contributed by atoms with Crippen LogP contribution >= 0.6 is 11.8 Å². The summed E-state index contributed by atoms with van der Waals surface area (Å²) in [6.07, 6.45) is 0.155. The van der Waals surface area contributed by atoms with Crippen molar-refractivity contribution in [2.45, 2.75) is 11.7 Å². The van der Waals surface area contributed by atoms with E-state index in [4.69, 9.17) is 0 Å². The van der Waals surface area contributed by atoms with E-state index in [1.165, 1.54) is 11.8 Å². The highest BCUT2D eigenvalue weighted by Crippen LogP contribution is 2.19. The van der Waals surface area contributed by atoms with Gasteiger partial charge in [0.05, 0.1) is 11.0 Å². The molecule has 1 unspecified atom stereocenters. The smallest absolute Gasteiger partial charge is 0.240 e. The zero-order chi connectivity index (χ0) is 13.0. The number of anilines is 1. The van der Waals surface area contributed by atoms with E-state index in [-0.39, 0.29) is 29.9 Å². The number of nitrogens with one attached hydrogen (secondary N) is 2. The van der Waals surface area contributed by atoms with E-state index in [9.17, 15) is 14.4 Å². The molecule has 1 saturated heterocycles. The van der Waals surface area contributed by atoms with Gasteiger partial charge in [0, 0.05) is 12.1 Å². The lowest BCUT2D eigenvalue weighted by Gasteiger charge is -2.07. The van der Waals surface area contributed by atoms with Crippen LogP contribution in [0.15, 0.2) is 30.3 Å². The summed E-state index contributed by atoms with van der Waals surface area (Å²) < 4.78 is 0. The van der Waals surface area contributed by atoms with Gasteiger partial charge in [-0.05, 0) is 12.1 Å². The second-order valence-electron chi connectivity index (χ2n) is 3.83. The molecule has 1 aliphatic heterocycles. The second kappa shape index (κ2) is 5.68. The van der Waals surface area contributed by atoms with Gasteiger partial charge in [-0.1, -0.05) is 18.2 Å². The van der Waals surface area contributed by atoms with Gasteiger partial charge < -0.3 is 5.32 Å². The Balaban J connectivity index is 1.79. The van der Waals surface area contributed by atoms with E-state index in [0.717, 1.165) is 5.69 Å². The summed E-state index contributed by atoms with van der Waals surface area (Å²) in [6.45, 7) is 0. The van der Waals surface area contributed by atoms with Crippen LogP contribution in [-0.4, -0.2) is 28.7 Å². The highest BCUT2D eigenvalue weighted by atomic mass is 32.2. The molecule has 94 valence electrons. The Kier molecular flexibility index (Phi) is 3.99. The highest BCUT2D eigenvalue weighted by molar-refractivity contribution is 8.01. The normalized spacial score (nSPS) is 18.6. The molecule has 0 bridgehead atoms. The van der Waals surface area contributed by atoms with Crippen LogP contribution in [0.3, 0.4) is 0 Å². The molecule has 0 radical (unpaired) electrons. The molecule has 1 atom stereocenters. The summed E-state index contributed by atoms with van der Waals surface area (Å²) in [5, 5.41) is 4.48. The van der Waals surface area contributed by atoms with E-state index < -0.39 is 5.25 Å². The molecule has 1 heterocycles. The minimum Gasteiger partial charge on any atom is -0.325 e. The van der Waals surface area contributed by atoms with Crippen molar-refractivity contribution in [1.29, 1.82) is 0 Å². The van der Waals surface area contributed by atoms with Gasteiger partial charge in [-0.3, -0.25) is 19.7 Å². The van der Waals surface area contributed by atoms with Crippen molar-refractivity contribution >= 4 is 35.2 Å². The molecule has 6 heteroatoms. The maximum atomic E-state index is 11.6. The Hall–Kier alpha value is -1.82. The molecule has 2 rings (SSSR count). The first-order valence-electron chi connectivity index (χ1n) is 5.45. The first-order chi connectivity index (χ1) is 8.65. The van der Waals surface area contributed by atoms with E-state index in [0.29, 0.717) is 0 Å². The number of hydrogen-bond donors (Lipinski definition) is 2. The van der Waals surface area contributed by atoms with Crippen molar-refractivity contribution in [3.63, 3.8) is 0 Å². The van der Waals surface area contributed by atoms with Crippen LogP contribution in [0.4, 0.5) is 5.69 Å². The van der Waals surface area contributed by atoms with Gasteiger partial charge in [0.2, 0.25) is 17.7 Å². The third-order valence-corrected chi connectivity index (χ3v) is 3.61. The standard InChI is InChI=1S/C12H12N2O3S/c15-10-6-9(12(17)14-10)18-7-11(16)13-8-4-2-1-3-5-8/h1-5,9H,6-7H2,(H,13,16)(H,14,15,17). The molecular weight excluding hydrogens is 252 g/mol. The van der Waals surface area contributed by atoms with Crippen molar-refractivity contribution in [3.05, 3.63) is 30.3 Å².